The molecule has 0 fully saturated rings. The molecule has 0 aromatic rings. The third-order valence-electron chi connectivity index (χ3n) is 1.61. The third kappa shape index (κ3) is 10.1. The molecule has 0 heterocycles. The van der Waals surface area contributed by atoms with Crippen LogP contribution in [0.15, 0.2) is 0 Å². The van der Waals surface area contributed by atoms with Crippen molar-refractivity contribution in [2.45, 2.75) is 0 Å². The molecule has 0 saturated heterocycles. The highest BCUT2D eigenvalue weighted by Gasteiger charge is 2.07. The van der Waals surface area contributed by atoms with Crippen molar-refractivity contribution in [1.29, 1.82) is 0 Å². The van der Waals surface area contributed by atoms with Crippen LogP contribution in [-0.4, -0.2) is 71.2 Å². The standard InChI is InChI=1S/C8H20N2O4S/c1-10(2)4-7-14-6-3-9-15(12,13)8-5-11/h9,11H,3-8H2,1-2H3. The van der Waals surface area contributed by atoms with Crippen LogP contribution in [0.3, 0.4) is 0 Å². The monoisotopic (exact) mass is 240 g/mol. The molecule has 0 bridgehead atoms. The normalized spacial score (nSPS) is 12.3. The molecule has 0 unspecified atom stereocenters. The lowest BCUT2D eigenvalue weighted by Crippen LogP contribution is -2.31. The van der Waals surface area contributed by atoms with Crippen molar-refractivity contribution < 1.29 is 18.3 Å². The average molecular weight is 240 g/mol. The summed E-state index contributed by atoms with van der Waals surface area (Å²) < 4.78 is 29.6. The quantitative estimate of drug-likeness (QED) is 0.478. The second-order valence-electron chi connectivity index (χ2n) is 3.35. The molecule has 92 valence electrons. The zero-order valence-electron chi connectivity index (χ0n) is 9.27. The van der Waals surface area contributed by atoms with Crippen molar-refractivity contribution in [3.05, 3.63) is 0 Å². The van der Waals surface area contributed by atoms with E-state index in [4.69, 9.17) is 9.84 Å². The predicted molar refractivity (Wildman–Crippen MR) is 58.2 cm³/mol. The van der Waals surface area contributed by atoms with Gasteiger partial charge in [-0.2, -0.15) is 0 Å². The van der Waals surface area contributed by atoms with Gasteiger partial charge in [-0.15, -0.1) is 0 Å². The maximum atomic E-state index is 11.0. The van der Waals surface area contributed by atoms with Gasteiger partial charge in [-0.05, 0) is 14.1 Å². The number of ether oxygens (including phenoxy) is 1. The highest BCUT2D eigenvalue weighted by molar-refractivity contribution is 7.89. The zero-order chi connectivity index (χ0) is 11.7. The van der Waals surface area contributed by atoms with Crippen molar-refractivity contribution in [3.8, 4) is 0 Å². The fourth-order valence-corrected chi connectivity index (χ4v) is 1.59. The van der Waals surface area contributed by atoms with Crippen LogP contribution in [0.1, 0.15) is 0 Å². The molecule has 0 amide bonds. The molecule has 7 heteroatoms. The van der Waals surface area contributed by atoms with Crippen LogP contribution in [0.5, 0.6) is 0 Å². The number of aliphatic hydroxyl groups excluding tert-OH is 1. The first-order valence-electron chi connectivity index (χ1n) is 4.78. The molecule has 15 heavy (non-hydrogen) atoms. The summed E-state index contributed by atoms with van der Waals surface area (Å²) in [4.78, 5) is 1.98. The molecule has 0 rings (SSSR count). The second-order valence-corrected chi connectivity index (χ2v) is 5.28. The SMILES string of the molecule is CN(C)CCOCCNS(=O)(=O)CCO. The Bertz CT molecular complexity index is 241. The van der Waals surface area contributed by atoms with E-state index in [0.29, 0.717) is 13.2 Å². The summed E-state index contributed by atoms with van der Waals surface area (Å²) in [6.07, 6.45) is 0. The van der Waals surface area contributed by atoms with Crippen molar-refractivity contribution in [2.75, 3.05) is 52.8 Å². The lowest BCUT2D eigenvalue weighted by atomic mass is 10.6. The van der Waals surface area contributed by atoms with Gasteiger partial charge in [-0.3, -0.25) is 0 Å². The predicted octanol–water partition coefficient (Wildman–Crippen LogP) is -1.52. The van der Waals surface area contributed by atoms with E-state index in [2.05, 4.69) is 4.72 Å². The van der Waals surface area contributed by atoms with E-state index < -0.39 is 10.0 Å². The number of nitrogens with one attached hydrogen (secondary N) is 1. The zero-order valence-corrected chi connectivity index (χ0v) is 10.1. The summed E-state index contributed by atoms with van der Waals surface area (Å²) in [7, 11) is 0.550. The largest absolute Gasteiger partial charge is 0.395 e. The molecule has 0 saturated carbocycles. The van der Waals surface area contributed by atoms with Crippen LogP contribution in [0, 0.1) is 0 Å². The van der Waals surface area contributed by atoms with E-state index in [1.807, 2.05) is 19.0 Å². The Morgan fingerprint density at radius 3 is 2.53 bits per heavy atom. The Hall–Kier alpha value is -0.210. The maximum absolute atomic E-state index is 11.0. The Labute approximate surface area is 91.3 Å². The Morgan fingerprint density at radius 2 is 2.00 bits per heavy atom. The van der Waals surface area contributed by atoms with E-state index in [1.165, 1.54) is 0 Å². The number of nitrogens with zero attached hydrogens (tertiary/aromatic N) is 1. The Balaban J connectivity index is 3.38. The number of hydrogen-bond acceptors (Lipinski definition) is 5. The first-order chi connectivity index (χ1) is 6.98. The lowest BCUT2D eigenvalue weighted by molar-refractivity contribution is 0.122. The summed E-state index contributed by atoms with van der Waals surface area (Å²) in [6.45, 7) is 1.61. The average Bonchev–Trinajstić information content (AvgIpc) is 2.10. The number of hydrogen-bond donors (Lipinski definition) is 2. The number of rotatable bonds is 9. The first-order valence-corrected chi connectivity index (χ1v) is 6.44. The molecule has 0 aliphatic carbocycles. The minimum Gasteiger partial charge on any atom is -0.395 e. The van der Waals surface area contributed by atoms with Crippen molar-refractivity contribution in [3.63, 3.8) is 0 Å². The minimum absolute atomic E-state index is 0.246. The smallest absolute Gasteiger partial charge is 0.213 e. The molecule has 2 N–H and O–H groups in total. The third-order valence-corrected chi connectivity index (χ3v) is 2.98. The van der Waals surface area contributed by atoms with Crippen LogP contribution in [-0.2, 0) is 14.8 Å². The fraction of sp³-hybridized carbons (Fsp3) is 1.00. The molecule has 0 aliphatic rings. The Kier molecular flexibility index (Phi) is 7.89. The second kappa shape index (κ2) is 8.00. The van der Waals surface area contributed by atoms with E-state index >= 15 is 0 Å². The Morgan fingerprint density at radius 1 is 1.33 bits per heavy atom. The van der Waals surface area contributed by atoms with E-state index in [9.17, 15) is 8.42 Å². The summed E-state index contributed by atoms with van der Waals surface area (Å²) in [5, 5.41) is 8.45. The van der Waals surface area contributed by atoms with Gasteiger partial charge in [0.2, 0.25) is 10.0 Å². The first kappa shape index (κ1) is 14.8. The molecule has 0 aromatic carbocycles. The summed E-state index contributed by atoms with van der Waals surface area (Å²) in [5.41, 5.74) is 0. The number of sulfonamides is 1. The highest BCUT2D eigenvalue weighted by Crippen LogP contribution is 1.83. The van der Waals surface area contributed by atoms with Gasteiger partial charge in [0.1, 0.15) is 0 Å². The number of likely N-dealkylation sites (N-methyl/N-ethyl adjacent to an activating group) is 1. The maximum Gasteiger partial charge on any atom is 0.213 e. The number of aliphatic hydroxyl groups is 1. The molecule has 6 nitrogen and oxygen atoms in total. The molecule has 0 aliphatic heterocycles. The van der Waals surface area contributed by atoms with Gasteiger partial charge in [-0.25, -0.2) is 13.1 Å². The molecule has 0 radical (unpaired) electrons. The summed E-state index contributed by atoms with van der Waals surface area (Å²) in [5.74, 6) is -0.259. The molecule has 0 aromatic heterocycles. The van der Waals surface area contributed by atoms with Crippen LogP contribution in [0.4, 0.5) is 0 Å². The van der Waals surface area contributed by atoms with Crippen molar-refractivity contribution >= 4 is 10.0 Å². The molecule has 0 atom stereocenters. The van der Waals surface area contributed by atoms with Crippen LogP contribution < -0.4 is 4.72 Å². The van der Waals surface area contributed by atoms with Gasteiger partial charge in [0, 0.05) is 13.1 Å². The summed E-state index contributed by atoms with van der Waals surface area (Å²) >= 11 is 0. The van der Waals surface area contributed by atoms with Crippen molar-refractivity contribution in [1.82, 2.24) is 9.62 Å². The van der Waals surface area contributed by atoms with E-state index in [-0.39, 0.29) is 18.9 Å². The lowest BCUT2D eigenvalue weighted by Gasteiger charge is -2.10. The highest BCUT2D eigenvalue weighted by atomic mass is 32.2. The van der Waals surface area contributed by atoms with Crippen molar-refractivity contribution in [2.24, 2.45) is 0 Å². The minimum atomic E-state index is -3.33. The van der Waals surface area contributed by atoms with Gasteiger partial charge >= 0.3 is 0 Å². The topological polar surface area (TPSA) is 78.9 Å². The van der Waals surface area contributed by atoms with Crippen LogP contribution in [0.2, 0.25) is 0 Å². The van der Waals surface area contributed by atoms with Gasteiger partial charge in [0.15, 0.2) is 0 Å². The molecular formula is C8H20N2O4S. The molecule has 0 spiro atoms. The fourth-order valence-electron chi connectivity index (χ4n) is 0.811. The van der Waals surface area contributed by atoms with E-state index in [1.54, 1.807) is 0 Å². The van der Waals surface area contributed by atoms with Gasteiger partial charge < -0.3 is 14.7 Å². The van der Waals surface area contributed by atoms with E-state index in [0.717, 1.165) is 6.54 Å². The van der Waals surface area contributed by atoms with Crippen LogP contribution in [0.25, 0.3) is 0 Å². The van der Waals surface area contributed by atoms with Gasteiger partial charge in [-0.1, -0.05) is 0 Å². The van der Waals surface area contributed by atoms with Gasteiger partial charge in [0.25, 0.3) is 0 Å². The van der Waals surface area contributed by atoms with Crippen LogP contribution >= 0.6 is 0 Å². The summed E-state index contributed by atoms with van der Waals surface area (Å²) in [6, 6.07) is 0. The van der Waals surface area contributed by atoms with Gasteiger partial charge in [0.05, 0.1) is 25.6 Å². The molecular weight excluding hydrogens is 220 g/mol.